The van der Waals surface area contributed by atoms with Gasteiger partial charge in [-0.2, -0.15) is 0 Å². The van der Waals surface area contributed by atoms with Crippen LogP contribution in [-0.2, 0) is 11.2 Å². The molecule has 1 N–H and O–H groups in total. The highest BCUT2D eigenvalue weighted by Crippen LogP contribution is 2.30. The van der Waals surface area contributed by atoms with Gasteiger partial charge < -0.3 is 14.8 Å². The second kappa shape index (κ2) is 7.65. The number of fused-ring (bicyclic) bond motifs is 1. The van der Waals surface area contributed by atoms with Crippen molar-refractivity contribution in [1.29, 1.82) is 0 Å². The van der Waals surface area contributed by atoms with E-state index in [4.69, 9.17) is 9.47 Å². The van der Waals surface area contributed by atoms with Crippen LogP contribution >= 0.6 is 0 Å². The van der Waals surface area contributed by atoms with Crippen molar-refractivity contribution >= 4 is 0 Å². The van der Waals surface area contributed by atoms with E-state index >= 15 is 0 Å². The van der Waals surface area contributed by atoms with Crippen LogP contribution < -0.4 is 10.1 Å². The minimum Gasteiger partial charge on any atom is -0.493 e. The molecule has 1 aliphatic rings. The van der Waals surface area contributed by atoms with Crippen molar-refractivity contribution in [2.75, 3.05) is 26.9 Å². The van der Waals surface area contributed by atoms with Crippen molar-refractivity contribution in [2.24, 2.45) is 11.8 Å². The molecule has 0 aliphatic carbocycles. The third-order valence-corrected chi connectivity index (χ3v) is 4.25. The summed E-state index contributed by atoms with van der Waals surface area (Å²) in [6, 6.07) is 8.89. The summed E-state index contributed by atoms with van der Waals surface area (Å²) in [5, 5.41) is 3.66. The molecule has 0 amide bonds. The average molecular weight is 277 g/mol. The van der Waals surface area contributed by atoms with Gasteiger partial charge in [-0.1, -0.05) is 32.0 Å². The number of methoxy groups -OCH3 is 1. The monoisotopic (exact) mass is 277 g/mol. The van der Waals surface area contributed by atoms with Crippen molar-refractivity contribution in [3.8, 4) is 5.75 Å². The molecule has 0 aromatic heterocycles. The predicted molar refractivity (Wildman–Crippen MR) is 82.3 cm³/mol. The predicted octanol–water partition coefficient (Wildman–Crippen LogP) is 2.89. The van der Waals surface area contributed by atoms with Gasteiger partial charge in [-0.25, -0.2) is 0 Å². The zero-order valence-electron chi connectivity index (χ0n) is 12.9. The molecule has 0 bridgehead atoms. The highest BCUT2D eigenvalue weighted by atomic mass is 16.5. The fourth-order valence-electron chi connectivity index (χ4n) is 3.13. The molecule has 0 saturated carbocycles. The Kier molecular flexibility index (Phi) is 5.86. The molecule has 0 radical (unpaired) electrons. The lowest BCUT2D eigenvalue weighted by molar-refractivity contribution is 0.129. The van der Waals surface area contributed by atoms with Crippen LogP contribution in [0, 0.1) is 11.8 Å². The summed E-state index contributed by atoms with van der Waals surface area (Å²) in [4.78, 5) is 0. The Hall–Kier alpha value is -1.06. The zero-order valence-corrected chi connectivity index (χ0v) is 12.9. The molecule has 0 saturated heterocycles. The van der Waals surface area contributed by atoms with Crippen LogP contribution in [0.1, 0.15) is 25.8 Å². The van der Waals surface area contributed by atoms with E-state index in [1.165, 1.54) is 5.56 Å². The molecule has 3 unspecified atom stereocenters. The van der Waals surface area contributed by atoms with Crippen LogP contribution in [0.3, 0.4) is 0 Å². The third kappa shape index (κ3) is 3.74. The summed E-state index contributed by atoms with van der Waals surface area (Å²) < 4.78 is 11.2. The minimum absolute atomic E-state index is 0.489. The SMILES string of the molecule is CCNC(C(C)CCOC)C1COc2ccccc2C1. The molecular weight excluding hydrogens is 250 g/mol. The molecule has 0 spiro atoms. The molecule has 3 nitrogen and oxygen atoms in total. The molecule has 0 fully saturated rings. The first-order valence-corrected chi connectivity index (χ1v) is 7.69. The van der Waals surface area contributed by atoms with Crippen molar-refractivity contribution in [3.05, 3.63) is 29.8 Å². The number of hydrogen-bond acceptors (Lipinski definition) is 3. The Morgan fingerprint density at radius 3 is 2.95 bits per heavy atom. The Bertz CT molecular complexity index is 408. The zero-order chi connectivity index (χ0) is 14.4. The number of rotatable bonds is 7. The van der Waals surface area contributed by atoms with Crippen LogP contribution in [-0.4, -0.2) is 32.9 Å². The Balaban J connectivity index is 2.03. The van der Waals surface area contributed by atoms with Gasteiger partial charge in [0.2, 0.25) is 0 Å². The van der Waals surface area contributed by atoms with Gasteiger partial charge in [0.15, 0.2) is 0 Å². The standard InChI is InChI=1S/C17H27NO2/c1-4-18-17(13(2)9-10-19-3)15-11-14-7-5-6-8-16(14)20-12-15/h5-8,13,15,17-18H,4,9-12H2,1-3H3. The first-order valence-electron chi connectivity index (χ1n) is 7.69. The van der Waals surface area contributed by atoms with E-state index in [-0.39, 0.29) is 0 Å². The quantitative estimate of drug-likeness (QED) is 0.831. The number of para-hydroxylation sites is 1. The van der Waals surface area contributed by atoms with Crippen LogP contribution in [0.4, 0.5) is 0 Å². The van der Waals surface area contributed by atoms with Gasteiger partial charge in [0.1, 0.15) is 5.75 Å². The van der Waals surface area contributed by atoms with E-state index in [0.29, 0.717) is 17.9 Å². The topological polar surface area (TPSA) is 30.5 Å². The van der Waals surface area contributed by atoms with Gasteiger partial charge in [-0.05, 0) is 36.9 Å². The summed E-state index contributed by atoms with van der Waals surface area (Å²) in [5.41, 5.74) is 1.34. The molecule has 20 heavy (non-hydrogen) atoms. The number of ether oxygens (including phenoxy) is 2. The van der Waals surface area contributed by atoms with Crippen molar-refractivity contribution in [1.82, 2.24) is 5.32 Å². The molecule has 1 heterocycles. The Morgan fingerprint density at radius 1 is 1.40 bits per heavy atom. The van der Waals surface area contributed by atoms with Gasteiger partial charge in [-0.15, -0.1) is 0 Å². The maximum absolute atomic E-state index is 5.95. The van der Waals surface area contributed by atoms with E-state index in [1.54, 1.807) is 7.11 Å². The maximum atomic E-state index is 5.95. The molecule has 1 aliphatic heterocycles. The number of hydrogen-bond donors (Lipinski definition) is 1. The normalized spacial score (nSPS) is 20.9. The summed E-state index contributed by atoms with van der Waals surface area (Å²) in [7, 11) is 1.77. The maximum Gasteiger partial charge on any atom is 0.122 e. The number of benzene rings is 1. The lowest BCUT2D eigenvalue weighted by Gasteiger charge is -2.35. The number of nitrogens with one attached hydrogen (secondary N) is 1. The lowest BCUT2D eigenvalue weighted by Crippen LogP contribution is -2.46. The first kappa shape index (κ1) is 15.3. The summed E-state index contributed by atoms with van der Waals surface area (Å²) in [5.74, 6) is 2.19. The fourth-order valence-corrected chi connectivity index (χ4v) is 3.13. The summed E-state index contributed by atoms with van der Waals surface area (Å²) in [6.07, 6.45) is 2.19. The molecule has 3 heteroatoms. The molecule has 1 aromatic rings. The van der Waals surface area contributed by atoms with Crippen molar-refractivity contribution in [2.45, 2.75) is 32.7 Å². The van der Waals surface area contributed by atoms with Crippen molar-refractivity contribution < 1.29 is 9.47 Å². The molecule has 112 valence electrons. The van der Waals surface area contributed by atoms with E-state index in [0.717, 1.165) is 38.3 Å². The highest BCUT2D eigenvalue weighted by Gasteiger charge is 2.30. The van der Waals surface area contributed by atoms with Crippen molar-refractivity contribution in [3.63, 3.8) is 0 Å². The lowest BCUT2D eigenvalue weighted by atomic mass is 9.82. The van der Waals surface area contributed by atoms with Crippen LogP contribution in [0.5, 0.6) is 5.75 Å². The highest BCUT2D eigenvalue weighted by molar-refractivity contribution is 5.35. The minimum atomic E-state index is 0.489. The third-order valence-electron chi connectivity index (χ3n) is 4.25. The van der Waals surface area contributed by atoms with Gasteiger partial charge in [0.25, 0.3) is 0 Å². The van der Waals surface area contributed by atoms with Gasteiger partial charge in [-0.3, -0.25) is 0 Å². The molecule has 3 atom stereocenters. The van der Waals surface area contributed by atoms with Crippen LogP contribution in [0.2, 0.25) is 0 Å². The smallest absolute Gasteiger partial charge is 0.122 e. The van der Waals surface area contributed by atoms with E-state index in [1.807, 2.05) is 6.07 Å². The fraction of sp³-hybridized carbons (Fsp3) is 0.647. The Morgan fingerprint density at radius 2 is 2.20 bits per heavy atom. The van der Waals surface area contributed by atoms with E-state index in [9.17, 15) is 0 Å². The van der Waals surface area contributed by atoms with Crippen LogP contribution in [0.25, 0.3) is 0 Å². The molecule has 2 rings (SSSR count). The average Bonchev–Trinajstić information content (AvgIpc) is 2.49. The first-order chi connectivity index (χ1) is 9.76. The van der Waals surface area contributed by atoms with E-state index in [2.05, 4.69) is 37.4 Å². The molecular formula is C17H27NO2. The van der Waals surface area contributed by atoms with E-state index < -0.39 is 0 Å². The van der Waals surface area contributed by atoms with Gasteiger partial charge in [0, 0.05) is 25.7 Å². The van der Waals surface area contributed by atoms with Gasteiger partial charge >= 0.3 is 0 Å². The summed E-state index contributed by atoms with van der Waals surface area (Å²) in [6.45, 7) is 7.12. The van der Waals surface area contributed by atoms with Crippen LogP contribution in [0.15, 0.2) is 24.3 Å². The Labute approximate surface area is 122 Å². The second-order valence-electron chi connectivity index (χ2n) is 5.73. The van der Waals surface area contributed by atoms with Gasteiger partial charge in [0.05, 0.1) is 6.61 Å². The summed E-state index contributed by atoms with van der Waals surface area (Å²) >= 11 is 0. The largest absolute Gasteiger partial charge is 0.493 e. The molecule has 1 aromatic carbocycles. The second-order valence-corrected chi connectivity index (χ2v) is 5.73.